The number of nitrogens with zero attached hydrogens (tertiary/aromatic N) is 5. The van der Waals surface area contributed by atoms with E-state index in [0.29, 0.717) is 33.8 Å². The highest BCUT2D eigenvalue weighted by Crippen LogP contribution is 2.34. The van der Waals surface area contributed by atoms with E-state index in [4.69, 9.17) is 12.2 Å². The van der Waals surface area contributed by atoms with Gasteiger partial charge in [0.05, 0.1) is 17.1 Å². The molecule has 1 amide bonds. The number of ether oxygens (including phenoxy) is 1. The van der Waals surface area contributed by atoms with Gasteiger partial charge >= 0.3 is 6.36 Å². The number of carbonyl (C=O) groups excluding carboxylic acids is 1. The van der Waals surface area contributed by atoms with Gasteiger partial charge < -0.3 is 4.74 Å². The number of aromatic nitrogens is 3. The number of aryl methyl sites for hydroxylation is 1. The fourth-order valence-electron chi connectivity index (χ4n) is 4.71. The fraction of sp³-hybridized carbons (Fsp3) is 0.265. The number of alkyl halides is 3. The zero-order valence-corrected chi connectivity index (χ0v) is 27.1. The number of thioether (sulfide) groups is 1. The third-order valence-corrected chi connectivity index (χ3v) is 8.13. The van der Waals surface area contributed by atoms with E-state index in [0.717, 1.165) is 27.9 Å². The molecule has 1 aromatic heterocycles. The number of benzene rings is 3. The predicted octanol–water partition coefficient (Wildman–Crippen LogP) is 8.11. The molecule has 1 saturated heterocycles. The van der Waals surface area contributed by atoms with Crippen molar-refractivity contribution in [3.63, 3.8) is 0 Å². The second kappa shape index (κ2) is 13.9. The Morgan fingerprint density at radius 1 is 1.09 bits per heavy atom. The van der Waals surface area contributed by atoms with Gasteiger partial charge in [0.1, 0.15) is 17.1 Å². The molecule has 0 N–H and O–H groups in total. The standard InChI is InChI=1S/C34H30F3N5O2S2/c1-21(2)28-16-6-22(3)17-29(28)42-31(43)19-46-33(42)39-30(45)18-23(4)5-7-24-8-10-25(11-9-24)32-38-20-41(40-32)26-12-14-27(15-13-26)44-34(35,36)37/h6,8-17,20-21,23H,18-19H2,1-4H3. The van der Waals surface area contributed by atoms with Crippen molar-refractivity contribution < 1.29 is 22.7 Å². The highest BCUT2D eigenvalue weighted by atomic mass is 32.2. The molecular formula is C34H30F3N5O2S2. The Balaban J connectivity index is 1.21. The van der Waals surface area contributed by atoms with Gasteiger partial charge in [-0.1, -0.05) is 68.7 Å². The van der Waals surface area contributed by atoms with Crippen molar-refractivity contribution in [1.29, 1.82) is 0 Å². The van der Waals surface area contributed by atoms with Gasteiger partial charge in [0, 0.05) is 23.5 Å². The molecule has 0 spiro atoms. The minimum absolute atomic E-state index is 0.00841. The lowest BCUT2D eigenvalue weighted by atomic mass is 9.99. The van der Waals surface area contributed by atoms with Gasteiger partial charge in [-0.3, -0.25) is 9.69 Å². The first-order valence-corrected chi connectivity index (χ1v) is 15.8. The Kier molecular flexibility index (Phi) is 9.94. The van der Waals surface area contributed by atoms with E-state index in [2.05, 4.69) is 57.6 Å². The third-order valence-electron chi connectivity index (χ3n) is 6.95. The van der Waals surface area contributed by atoms with E-state index in [1.807, 2.05) is 44.2 Å². The van der Waals surface area contributed by atoms with Crippen molar-refractivity contribution in [2.24, 2.45) is 10.9 Å². The van der Waals surface area contributed by atoms with Crippen LogP contribution in [0.5, 0.6) is 5.75 Å². The lowest BCUT2D eigenvalue weighted by Gasteiger charge is -2.22. The first-order chi connectivity index (χ1) is 21.9. The summed E-state index contributed by atoms with van der Waals surface area (Å²) < 4.78 is 42.6. The average molecular weight is 662 g/mol. The van der Waals surface area contributed by atoms with Crippen molar-refractivity contribution in [1.82, 2.24) is 14.8 Å². The van der Waals surface area contributed by atoms with Crippen LogP contribution in [0.25, 0.3) is 17.1 Å². The van der Waals surface area contributed by atoms with Crippen molar-refractivity contribution in [3.05, 3.63) is 89.7 Å². The molecule has 5 rings (SSSR count). The van der Waals surface area contributed by atoms with Crippen LogP contribution < -0.4 is 9.64 Å². The number of halogens is 3. The normalized spacial score (nSPS) is 14.8. The summed E-state index contributed by atoms with van der Waals surface area (Å²) in [6.45, 7) is 8.20. The van der Waals surface area contributed by atoms with E-state index in [-0.39, 0.29) is 23.5 Å². The maximum absolute atomic E-state index is 12.9. The summed E-state index contributed by atoms with van der Waals surface area (Å²) in [5.41, 5.74) is 5.11. The van der Waals surface area contributed by atoms with Gasteiger partial charge in [0.2, 0.25) is 5.91 Å². The summed E-state index contributed by atoms with van der Waals surface area (Å²) in [5, 5.41) is 5.03. The number of carbonyl (C=O) groups is 1. The molecule has 236 valence electrons. The number of amides is 1. The second-order valence-corrected chi connectivity index (χ2v) is 12.4. The number of hydrogen-bond donors (Lipinski definition) is 0. The SMILES string of the molecule is Cc1ccc(C(C)C)c(N2C(=O)CSC2=NC(=S)CC(C)C#Cc2ccc(-c3ncn(-c4ccc(OC(F)(F)F)cc4)n3)cc2)c1. The first-order valence-electron chi connectivity index (χ1n) is 14.4. The molecule has 0 radical (unpaired) electrons. The van der Waals surface area contributed by atoms with Crippen LogP contribution in [0.1, 0.15) is 49.8 Å². The van der Waals surface area contributed by atoms with Crippen molar-refractivity contribution >= 4 is 45.7 Å². The highest BCUT2D eigenvalue weighted by Gasteiger charge is 2.32. The zero-order valence-electron chi connectivity index (χ0n) is 25.5. The van der Waals surface area contributed by atoms with Crippen LogP contribution in [0.15, 0.2) is 78.0 Å². The van der Waals surface area contributed by atoms with Gasteiger partial charge in [-0.25, -0.2) is 14.7 Å². The number of rotatable bonds is 7. The first kappa shape index (κ1) is 32.9. The Morgan fingerprint density at radius 2 is 1.80 bits per heavy atom. The molecule has 1 atom stereocenters. The molecule has 0 aliphatic carbocycles. The Morgan fingerprint density at radius 3 is 2.48 bits per heavy atom. The van der Waals surface area contributed by atoms with Gasteiger partial charge in [0.25, 0.3) is 0 Å². The quantitative estimate of drug-likeness (QED) is 0.147. The van der Waals surface area contributed by atoms with E-state index in [1.165, 1.54) is 47.0 Å². The molecular weight excluding hydrogens is 632 g/mol. The Hall–Kier alpha value is -4.47. The number of aliphatic imine (C=N–C) groups is 1. The molecule has 1 unspecified atom stereocenters. The van der Waals surface area contributed by atoms with Gasteiger partial charge in [-0.15, -0.1) is 18.3 Å². The zero-order chi connectivity index (χ0) is 33.0. The van der Waals surface area contributed by atoms with Gasteiger partial charge in [-0.2, -0.15) is 0 Å². The van der Waals surface area contributed by atoms with Crippen molar-refractivity contribution in [2.45, 2.75) is 46.4 Å². The average Bonchev–Trinajstić information content (AvgIpc) is 3.63. The van der Waals surface area contributed by atoms with E-state index in [9.17, 15) is 18.0 Å². The smallest absolute Gasteiger partial charge is 0.406 e. The maximum Gasteiger partial charge on any atom is 0.573 e. The summed E-state index contributed by atoms with van der Waals surface area (Å²) in [6, 6.07) is 18.9. The summed E-state index contributed by atoms with van der Waals surface area (Å²) in [7, 11) is 0. The molecule has 7 nitrogen and oxygen atoms in total. The predicted molar refractivity (Wildman–Crippen MR) is 179 cm³/mol. The molecule has 4 aromatic rings. The molecule has 1 fully saturated rings. The van der Waals surface area contributed by atoms with Crippen molar-refractivity contribution in [3.8, 4) is 34.7 Å². The van der Waals surface area contributed by atoms with Crippen LogP contribution in [-0.2, 0) is 4.79 Å². The summed E-state index contributed by atoms with van der Waals surface area (Å²) >= 11 is 7.01. The number of amidine groups is 1. The summed E-state index contributed by atoms with van der Waals surface area (Å²) in [6.07, 6.45) is -2.79. The van der Waals surface area contributed by atoms with E-state index < -0.39 is 6.36 Å². The van der Waals surface area contributed by atoms with Gasteiger partial charge in [0.15, 0.2) is 11.0 Å². The Bertz CT molecular complexity index is 1840. The number of hydrogen-bond acceptors (Lipinski definition) is 6. The molecule has 1 aliphatic heterocycles. The molecule has 12 heteroatoms. The van der Waals surface area contributed by atoms with Crippen LogP contribution in [0, 0.1) is 24.7 Å². The monoisotopic (exact) mass is 661 g/mol. The lowest BCUT2D eigenvalue weighted by Crippen LogP contribution is -2.31. The van der Waals surface area contributed by atoms with Gasteiger partial charge in [-0.05, 0) is 78.6 Å². The van der Waals surface area contributed by atoms with Crippen LogP contribution >= 0.6 is 24.0 Å². The fourth-order valence-corrected chi connectivity index (χ4v) is 5.99. The Labute approximate surface area is 274 Å². The molecule has 46 heavy (non-hydrogen) atoms. The molecule has 1 aliphatic rings. The number of thiocarbonyl (C=S) groups is 1. The highest BCUT2D eigenvalue weighted by molar-refractivity contribution is 8.15. The number of anilines is 1. The van der Waals surface area contributed by atoms with E-state index >= 15 is 0 Å². The minimum Gasteiger partial charge on any atom is -0.406 e. The largest absolute Gasteiger partial charge is 0.573 e. The molecule has 3 aromatic carbocycles. The topological polar surface area (TPSA) is 72.6 Å². The van der Waals surface area contributed by atoms with E-state index in [1.54, 1.807) is 4.90 Å². The second-order valence-electron chi connectivity index (χ2n) is 11.0. The molecule has 0 saturated carbocycles. The summed E-state index contributed by atoms with van der Waals surface area (Å²) in [4.78, 5) is 24.1. The summed E-state index contributed by atoms with van der Waals surface area (Å²) in [5.74, 6) is 7.04. The molecule has 2 heterocycles. The minimum atomic E-state index is -4.75. The van der Waals surface area contributed by atoms with Crippen LogP contribution in [0.2, 0.25) is 0 Å². The van der Waals surface area contributed by atoms with Crippen LogP contribution in [0.4, 0.5) is 18.9 Å². The van der Waals surface area contributed by atoms with Crippen LogP contribution in [-0.4, -0.2) is 42.9 Å². The van der Waals surface area contributed by atoms with Crippen LogP contribution in [0.3, 0.4) is 0 Å². The third kappa shape index (κ3) is 8.21. The molecule has 0 bridgehead atoms. The maximum atomic E-state index is 12.9. The lowest BCUT2D eigenvalue weighted by molar-refractivity contribution is -0.274. The van der Waals surface area contributed by atoms with Crippen molar-refractivity contribution in [2.75, 3.05) is 10.7 Å².